The second-order valence-corrected chi connectivity index (χ2v) is 8.75. The van der Waals surface area contributed by atoms with E-state index in [0.29, 0.717) is 17.0 Å². The number of aryl methyl sites for hydroxylation is 1. The summed E-state index contributed by atoms with van der Waals surface area (Å²) in [5, 5.41) is 4.78. The van der Waals surface area contributed by atoms with Crippen LogP contribution in [-0.4, -0.2) is 46.1 Å². The number of nitrogens with one attached hydrogen (secondary N) is 1. The number of aromatic amines is 1. The molecule has 1 N–H and O–H groups in total. The summed E-state index contributed by atoms with van der Waals surface area (Å²) < 4.78 is 7.02. The van der Waals surface area contributed by atoms with Crippen LogP contribution in [0.5, 0.6) is 5.75 Å². The Labute approximate surface area is 208 Å². The molecule has 5 aromatic rings. The molecule has 0 atom stereocenters. The van der Waals surface area contributed by atoms with Crippen LogP contribution in [0.2, 0.25) is 0 Å². The third-order valence-electron chi connectivity index (χ3n) is 6.09. The molecule has 0 aliphatic rings. The molecule has 180 valence electrons. The zero-order valence-electron chi connectivity index (χ0n) is 20.4. The van der Waals surface area contributed by atoms with Gasteiger partial charge in [0.2, 0.25) is 0 Å². The van der Waals surface area contributed by atoms with E-state index in [-0.39, 0.29) is 18.1 Å². The van der Waals surface area contributed by atoms with Crippen molar-refractivity contribution in [3.8, 4) is 39.3 Å². The number of ether oxygens (including phenoxy) is 1. The number of H-pyrrole nitrogens is 1. The van der Waals surface area contributed by atoms with Crippen molar-refractivity contribution in [2.75, 3.05) is 20.7 Å². The largest absolute Gasteiger partial charge is 0.484 e. The summed E-state index contributed by atoms with van der Waals surface area (Å²) >= 11 is 0. The normalized spacial score (nSPS) is 11.0. The number of carbonyl (C=O) groups is 1. The number of amides is 1. The molecule has 7 heteroatoms. The number of hydrogen-bond donors (Lipinski definition) is 1. The van der Waals surface area contributed by atoms with Gasteiger partial charge in [0.25, 0.3) is 11.5 Å². The SMILES string of the molecule is Cc1[nH]c2c(-c3ccccc3)c(-c3ccccc3)nn2c(=O)c1-c1ccc(OCC(=O)N(C)C)cc1. The fourth-order valence-corrected chi connectivity index (χ4v) is 4.20. The number of rotatable bonds is 6. The van der Waals surface area contributed by atoms with Crippen LogP contribution in [0.25, 0.3) is 39.2 Å². The highest BCUT2D eigenvalue weighted by atomic mass is 16.5. The second kappa shape index (κ2) is 9.54. The molecule has 1 amide bonds. The fourth-order valence-electron chi connectivity index (χ4n) is 4.20. The molecule has 3 aromatic carbocycles. The van der Waals surface area contributed by atoms with E-state index in [1.165, 1.54) is 9.42 Å². The lowest BCUT2D eigenvalue weighted by Crippen LogP contribution is -2.27. The number of hydrogen-bond acceptors (Lipinski definition) is 4. The fraction of sp³-hybridized carbons (Fsp3) is 0.138. The summed E-state index contributed by atoms with van der Waals surface area (Å²) in [7, 11) is 3.36. The summed E-state index contributed by atoms with van der Waals surface area (Å²) in [5.41, 5.74) is 5.96. The van der Waals surface area contributed by atoms with E-state index in [4.69, 9.17) is 9.84 Å². The van der Waals surface area contributed by atoms with E-state index in [1.807, 2.05) is 79.7 Å². The van der Waals surface area contributed by atoms with Crippen LogP contribution in [0.1, 0.15) is 5.69 Å². The topological polar surface area (TPSA) is 79.7 Å². The Hall–Kier alpha value is -4.65. The predicted molar refractivity (Wildman–Crippen MR) is 141 cm³/mol. The van der Waals surface area contributed by atoms with Crippen molar-refractivity contribution in [1.29, 1.82) is 0 Å². The van der Waals surface area contributed by atoms with E-state index in [9.17, 15) is 9.59 Å². The molecule has 0 aliphatic heterocycles. The van der Waals surface area contributed by atoms with Crippen molar-refractivity contribution in [1.82, 2.24) is 19.5 Å². The van der Waals surface area contributed by atoms with Crippen molar-refractivity contribution >= 4 is 11.6 Å². The van der Waals surface area contributed by atoms with Gasteiger partial charge in [-0.05, 0) is 30.2 Å². The van der Waals surface area contributed by atoms with Crippen LogP contribution >= 0.6 is 0 Å². The van der Waals surface area contributed by atoms with Gasteiger partial charge in [-0.25, -0.2) is 0 Å². The molecule has 7 nitrogen and oxygen atoms in total. The minimum absolute atomic E-state index is 0.0459. The van der Waals surface area contributed by atoms with Crippen molar-refractivity contribution in [3.63, 3.8) is 0 Å². The molecule has 2 aromatic heterocycles. The van der Waals surface area contributed by atoms with Gasteiger partial charge in [-0.15, -0.1) is 0 Å². The number of benzene rings is 3. The van der Waals surface area contributed by atoms with E-state index >= 15 is 0 Å². The minimum Gasteiger partial charge on any atom is -0.484 e. The van der Waals surface area contributed by atoms with E-state index < -0.39 is 0 Å². The molecule has 5 rings (SSSR count). The first-order valence-electron chi connectivity index (χ1n) is 11.6. The molecule has 2 heterocycles. The lowest BCUT2D eigenvalue weighted by molar-refractivity contribution is -0.130. The summed E-state index contributed by atoms with van der Waals surface area (Å²) in [6.07, 6.45) is 0. The molecular weight excluding hydrogens is 452 g/mol. The third-order valence-corrected chi connectivity index (χ3v) is 6.09. The van der Waals surface area contributed by atoms with E-state index in [1.54, 1.807) is 26.2 Å². The Bertz CT molecular complexity index is 1590. The first-order valence-corrected chi connectivity index (χ1v) is 11.6. The molecule has 0 saturated heterocycles. The average Bonchev–Trinajstić information content (AvgIpc) is 3.28. The van der Waals surface area contributed by atoms with Gasteiger partial charge in [-0.1, -0.05) is 72.8 Å². The standard InChI is InChI=1S/C29H26N4O3/c1-19-25(21-14-16-23(17-15-21)36-18-24(34)32(2)3)29(35)33-28(30-19)26(20-10-6-4-7-11-20)27(31-33)22-12-8-5-9-13-22/h4-17,30H,18H2,1-3H3. The van der Waals surface area contributed by atoms with Gasteiger partial charge in [-0.3, -0.25) is 9.59 Å². The van der Waals surface area contributed by atoms with Gasteiger partial charge >= 0.3 is 0 Å². The molecule has 0 saturated carbocycles. The number of fused-ring (bicyclic) bond motifs is 1. The van der Waals surface area contributed by atoms with Crippen LogP contribution in [0.4, 0.5) is 0 Å². The summed E-state index contributed by atoms with van der Waals surface area (Å²) in [6, 6.07) is 27.0. The Kier molecular flexibility index (Phi) is 6.12. The van der Waals surface area contributed by atoms with E-state index in [2.05, 4.69) is 4.98 Å². The van der Waals surface area contributed by atoms with Crippen molar-refractivity contribution in [3.05, 3.63) is 101 Å². The van der Waals surface area contributed by atoms with Gasteiger partial charge in [0, 0.05) is 25.4 Å². The van der Waals surface area contributed by atoms with Gasteiger partial charge in [0.15, 0.2) is 6.61 Å². The Morgan fingerprint density at radius 2 is 1.44 bits per heavy atom. The molecule has 0 fully saturated rings. The average molecular weight is 479 g/mol. The van der Waals surface area contributed by atoms with E-state index in [0.717, 1.165) is 33.6 Å². The maximum Gasteiger partial charge on any atom is 0.282 e. The second-order valence-electron chi connectivity index (χ2n) is 8.75. The maximum absolute atomic E-state index is 13.8. The van der Waals surface area contributed by atoms with Crippen molar-refractivity contribution in [2.24, 2.45) is 0 Å². The zero-order valence-corrected chi connectivity index (χ0v) is 20.4. The van der Waals surface area contributed by atoms with Gasteiger partial charge in [0.1, 0.15) is 17.1 Å². The first kappa shape index (κ1) is 23.1. The third kappa shape index (κ3) is 4.27. The Morgan fingerprint density at radius 1 is 0.861 bits per heavy atom. The summed E-state index contributed by atoms with van der Waals surface area (Å²) in [6.45, 7) is 1.84. The number of aromatic nitrogens is 3. The molecule has 0 unspecified atom stereocenters. The first-order chi connectivity index (χ1) is 17.4. The summed E-state index contributed by atoms with van der Waals surface area (Å²) in [4.78, 5) is 30.5. The number of likely N-dealkylation sites (N-methyl/N-ethyl adjacent to an activating group) is 1. The molecule has 0 radical (unpaired) electrons. The smallest absolute Gasteiger partial charge is 0.282 e. The lowest BCUT2D eigenvalue weighted by Gasteiger charge is -2.12. The minimum atomic E-state index is -0.211. The highest BCUT2D eigenvalue weighted by Crippen LogP contribution is 2.34. The van der Waals surface area contributed by atoms with Gasteiger partial charge in [0.05, 0.1) is 11.1 Å². The number of nitrogens with zero attached hydrogens (tertiary/aromatic N) is 3. The molecule has 0 spiro atoms. The van der Waals surface area contributed by atoms with Crippen molar-refractivity contribution in [2.45, 2.75) is 6.92 Å². The van der Waals surface area contributed by atoms with Crippen LogP contribution in [0, 0.1) is 6.92 Å². The highest BCUT2D eigenvalue weighted by molar-refractivity contribution is 5.91. The molecule has 0 aliphatic carbocycles. The highest BCUT2D eigenvalue weighted by Gasteiger charge is 2.21. The summed E-state index contributed by atoms with van der Waals surface area (Å²) in [5.74, 6) is 0.430. The van der Waals surface area contributed by atoms with Crippen LogP contribution in [0.3, 0.4) is 0 Å². The number of carbonyl (C=O) groups excluding carboxylic acids is 1. The molecule has 0 bridgehead atoms. The van der Waals surface area contributed by atoms with Crippen LogP contribution < -0.4 is 10.3 Å². The van der Waals surface area contributed by atoms with Gasteiger partial charge < -0.3 is 14.6 Å². The molecule has 36 heavy (non-hydrogen) atoms. The van der Waals surface area contributed by atoms with Crippen LogP contribution in [0.15, 0.2) is 89.7 Å². The van der Waals surface area contributed by atoms with Crippen molar-refractivity contribution < 1.29 is 9.53 Å². The lowest BCUT2D eigenvalue weighted by atomic mass is 10.0. The van der Waals surface area contributed by atoms with Crippen LogP contribution in [-0.2, 0) is 4.79 Å². The zero-order chi connectivity index (χ0) is 25.2. The maximum atomic E-state index is 13.8. The molecular formula is C29H26N4O3. The Balaban J connectivity index is 1.62. The monoisotopic (exact) mass is 478 g/mol. The predicted octanol–water partition coefficient (Wildman–Crippen LogP) is 4.80. The van der Waals surface area contributed by atoms with Gasteiger partial charge in [-0.2, -0.15) is 9.61 Å². The quantitative estimate of drug-likeness (QED) is 0.380. The Morgan fingerprint density at radius 3 is 2.06 bits per heavy atom.